The number of benzene rings is 1. The van der Waals surface area contributed by atoms with Gasteiger partial charge < -0.3 is 4.90 Å². The number of anilines is 1. The molecule has 1 aromatic rings. The molecule has 4 nitrogen and oxygen atoms in total. The Balaban J connectivity index is 3.04. The van der Waals surface area contributed by atoms with E-state index in [9.17, 15) is 4.79 Å². The Morgan fingerprint density at radius 2 is 2.21 bits per heavy atom. The van der Waals surface area contributed by atoms with Crippen LogP contribution in [0.4, 0.5) is 5.69 Å². The third-order valence-corrected chi connectivity index (χ3v) is 2.92. The van der Waals surface area contributed by atoms with Gasteiger partial charge in [0.05, 0.1) is 13.7 Å². The Kier molecular flexibility index (Phi) is 6.25. The lowest BCUT2D eigenvalue weighted by molar-refractivity contribution is -0.269. The summed E-state index contributed by atoms with van der Waals surface area (Å²) in [4.78, 5) is 23.3. The normalized spacial score (nSPS) is 10.3. The molecule has 0 bridgehead atoms. The van der Waals surface area contributed by atoms with Gasteiger partial charge in [0, 0.05) is 24.3 Å². The fraction of sp³-hybridized carbons (Fsp3) is 0.400. The van der Waals surface area contributed by atoms with Crippen molar-refractivity contribution in [1.29, 1.82) is 0 Å². The number of hydrogen-bond donors (Lipinski definition) is 0. The van der Waals surface area contributed by atoms with E-state index >= 15 is 0 Å². The van der Waals surface area contributed by atoms with E-state index < -0.39 is 0 Å². The summed E-state index contributed by atoms with van der Waals surface area (Å²) in [5, 5.41) is 0. The minimum absolute atomic E-state index is 0.0525. The van der Waals surface area contributed by atoms with E-state index in [1.54, 1.807) is 13.0 Å². The first-order valence-corrected chi connectivity index (χ1v) is 6.32. The zero-order chi connectivity index (χ0) is 14.3. The van der Waals surface area contributed by atoms with Crippen molar-refractivity contribution in [3.63, 3.8) is 0 Å². The number of ketones is 1. The first-order chi connectivity index (χ1) is 9.13. The standard InChI is InChI=1S/C15H21NO3/c1-5-13-7-8-14(12(3)17)15(11-13)16(6-2)9-10-19-18-4/h5,7-8,11H,1,6,9-10H2,2-4H3. The molecular formula is C15H21NO3. The molecule has 0 atom stereocenters. The lowest BCUT2D eigenvalue weighted by Gasteiger charge is -2.25. The molecule has 0 saturated heterocycles. The van der Waals surface area contributed by atoms with Gasteiger partial charge >= 0.3 is 0 Å². The lowest BCUT2D eigenvalue weighted by atomic mass is 10.0. The van der Waals surface area contributed by atoms with Gasteiger partial charge in [0.25, 0.3) is 0 Å². The Hall–Kier alpha value is -1.65. The molecule has 0 unspecified atom stereocenters. The van der Waals surface area contributed by atoms with E-state index in [0.29, 0.717) is 18.7 Å². The number of rotatable bonds is 8. The maximum atomic E-state index is 11.7. The van der Waals surface area contributed by atoms with Crippen LogP contribution in [0, 0.1) is 0 Å². The number of nitrogens with zero attached hydrogens (tertiary/aromatic N) is 1. The Morgan fingerprint density at radius 1 is 1.47 bits per heavy atom. The van der Waals surface area contributed by atoms with E-state index in [1.807, 2.05) is 25.1 Å². The van der Waals surface area contributed by atoms with Crippen LogP contribution in [0.5, 0.6) is 0 Å². The van der Waals surface area contributed by atoms with Gasteiger partial charge in [0.1, 0.15) is 0 Å². The maximum Gasteiger partial charge on any atom is 0.161 e. The largest absolute Gasteiger partial charge is 0.369 e. The third-order valence-electron chi connectivity index (χ3n) is 2.92. The molecule has 0 heterocycles. The van der Waals surface area contributed by atoms with Crippen LogP contribution < -0.4 is 4.90 Å². The number of carbonyl (C=O) groups is 1. The molecular weight excluding hydrogens is 242 g/mol. The quantitative estimate of drug-likeness (QED) is 0.313. The first-order valence-electron chi connectivity index (χ1n) is 6.32. The van der Waals surface area contributed by atoms with Crippen LogP contribution in [0.2, 0.25) is 0 Å². The van der Waals surface area contributed by atoms with Crippen molar-refractivity contribution in [3.8, 4) is 0 Å². The van der Waals surface area contributed by atoms with Gasteiger partial charge in [0.2, 0.25) is 0 Å². The summed E-state index contributed by atoms with van der Waals surface area (Å²) in [6, 6.07) is 5.71. The van der Waals surface area contributed by atoms with Crippen LogP contribution >= 0.6 is 0 Å². The van der Waals surface area contributed by atoms with Gasteiger partial charge in [-0.15, -0.1) is 0 Å². The van der Waals surface area contributed by atoms with Crippen LogP contribution in [0.25, 0.3) is 6.08 Å². The molecule has 104 valence electrons. The second-order valence-electron chi connectivity index (χ2n) is 4.11. The van der Waals surface area contributed by atoms with Gasteiger partial charge in [-0.25, -0.2) is 9.78 Å². The molecule has 0 aliphatic rings. The molecule has 4 heteroatoms. The van der Waals surface area contributed by atoms with E-state index in [4.69, 9.17) is 4.89 Å². The zero-order valence-corrected chi connectivity index (χ0v) is 11.8. The van der Waals surface area contributed by atoms with Crippen molar-refractivity contribution in [2.24, 2.45) is 0 Å². The molecule has 0 fully saturated rings. The SMILES string of the molecule is C=Cc1ccc(C(C)=O)c(N(CC)CCOOC)c1. The van der Waals surface area contributed by atoms with Crippen molar-refractivity contribution >= 4 is 17.5 Å². The van der Waals surface area contributed by atoms with Gasteiger partial charge in [-0.2, -0.15) is 0 Å². The highest BCUT2D eigenvalue weighted by Crippen LogP contribution is 2.23. The predicted octanol–water partition coefficient (Wildman–Crippen LogP) is 2.94. The third kappa shape index (κ3) is 4.19. The van der Waals surface area contributed by atoms with Gasteiger partial charge in [-0.3, -0.25) is 4.79 Å². The molecule has 0 radical (unpaired) electrons. The van der Waals surface area contributed by atoms with Gasteiger partial charge in [0.15, 0.2) is 5.78 Å². The summed E-state index contributed by atoms with van der Waals surface area (Å²) in [5.74, 6) is 0.0525. The fourth-order valence-corrected chi connectivity index (χ4v) is 1.91. The van der Waals surface area contributed by atoms with Crippen LogP contribution in [0.15, 0.2) is 24.8 Å². The van der Waals surface area contributed by atoms with E-state index in [0.717, 1.165) is 17.8 Å². The summed E-state index contributed by atoms with van der Waals surface area (Å²) in [6.07, 6.45) is 1.77. The minimum Gasteiger partial charge on any atom is -0.369 e. The number of Topliss-reactive ketones (excluding diaryl/α,β-unsaturated/α-hetero) is 1. The van der Waals surface area contributed by atoms with Crippen LogP contribution in [-0.4, -0.2) is 32.6 Å². The van der Waals surface area contributed by atoms with Crippen molar-refractivity contribution in [3.05, 3.63) is 35.9 Å². The first kappa shape index (κ1) is 15.4. The average molecular weight is 263 g/mol. The Bertz CT molecular complexity index is 443. The molecule has 0 spiro atoms. The molecule has 0 saturated carbocycles. The van der Waals surface area contributed by atoms with E-state index in [2.05, 4.69) is 16.4 Å². The molecule has 0 aliphatic heterocycles. The highest BCUT2D eigenvalue weighted by molar-refractivity contribution is 6.00. The van der Waals surface area contributed by atoms with Crippen LogP contribution in [0.1, 0.15) is 29.8 Å². The predicted molar refractivity (Wildman–Crippen MR) is 77.4 cm³/mol. The van der Waals surface area contributed by atoms with Gasteiger partial charge in [-0.1, -0.05) is 18.7 Å². The summed E-state index contributed by atoms with van der Waals surface area (Å²) in [7, 11) is 1.48. The summed E-state index contributed by atoms with van der Waals surface area (Å²) >= 11 is 0. The summed E-state index contributed by atoms with van der Waals surface area (Å²) < 4.78 is 0. The number of carbonyl (C=O) groups excluding carboxylic acids is 1. The second-order valence-corrected chi connectivity index (χ2v) is 4.11. The highest BCUT2D eigenvalue weighted by Gasteiger charge is 2.13. The molecule has 1 rings (SSSR count). The molecule has 19 heavy (non-hydrogen) atoms. The van der Waals surface area contributed by atoms with Crippen LogP contribution in [0.3, 0.4) is 0 Å². The second kappa shape index (κ2) is 7.71. The molecule has 0 amide bonds. The smallest absolute Gasteiger partial charge is 0.161 e. The monoisotopic (exact) mass is 263 g/mol. The fourth-order valence-electron chi connectivity index (χ4n) is 1.91. The van der Waals surface area contributed by atoms with Crippen molar-refractivity contribution in [1.82, 2.24) is 0 Å². The van der Waals surface area contributed by atoms with Gasteiger partial charge in [-0.05, 0) is 31.5 Å². The van der Waals surface area contributed by atoms with Crippen molar-refractivity contribution < 1.29 is 14.6 Å². The average Bonchev–Trinajstić information content (AvgIpc) is 2.43. The maximum absolute atomic E-state index is 11.7. The summed E-state index contributed by atoms with van der Waals surface area (Å²) in [6.45, 7) is 9.26. The van der Waals surface area contributed by atoms with E-state index in [-0.39, 0.29) is 5.78 Å². The van der Waals surface area contributed by atoms with Crippen LogP contribution in [-0.2, 0) is 9.78 Å². The number of likely N-dealkylation sites (N-methyl/N-ethyl adjacent to an activating group) is 1. The molecule has 0 aliphatic carbocycles. The lowest BCUT2D eigenvalue weighted by Crippen LogP contribution is -2.28. The van der Waals surface area contributed by atoms with Crippen molar-refractivity contribution in [2.75, 3.05) is 31.7 Å². The summed E-state index contributed by atoms with van der Waals surface area (Å²) in [5.41, 5.74) is 2.61. The number of hydrogen-bond acceptors (Lipinski definition) is 4. The zero-order valence-electron chi connectivity index (χ0n) is 11.8. The van der Waals surface area contributed by atoms with Crippen molar-refractivity contribution in [2.45, 2.75) is 13.8 Å². The van der Waals surface area contributed by atoms with E-state index in [1.165, 1.54) is 7.11 Å². The molecule has 0 N–H and O–H groups in total. The molecule has 1 aromatic carbocycles. The highest BCUT2D eigenvalue weighted by atomic mass is 17.2. The minimum atomic E-state index is 0.0525. The Morgan fingerprint density at radius 3 is 2.74 bits per heavy atom. The Labute approximate surface area is 114 Å². The molecule has 0 aromatic heterocycles. The topological polar surface area (TPSA) is 38.8 Å².